The number of hydrogen-bond donors (Lipinski definition) is 0. The first-order valence-corrected chi connectivity index (χ1v) is 3.89. The third-order valence-corrected chi connectivity index (χ3v) is 2.35. The zero-order valence-corrected chi connectivity index (χ0v) is 6.53. The topological polar surface area (TPSA) is 0 Å². The Morgan fingerprint density at radius 2 is 2.44 bits per heavy atom. The Morgan fingerprint density at radius 1 is 1.67 bits per heavy atom. The molecule has 1 heterocycles. The molecule has 1 aromatic heterocycles. The molecule has 48 valence electrons. The lowest BCUT2D eigenvalue weighted by molar-refractivity contribution is 1.64. The van der Waals surface area contributed by atoms with Gasteiger partial charge in [-0.3, -0.25) is 0 Å². The van der Waals surface area contributed by atoms with Gasteiger partial charge in [0.15, 0.2) is 0 Å². The molecule has 0 radical (unpaired) electrons. The van der Waals surface area contributed by atoms with Gasteiger partial charge < -0.3 is 0 Å². The standard InChI is InChI=1S/C8H10S/c1-3-7(2)8-5-4-6-9-8/h3-6H,1-2H3. The van der Waals surface area contributed by atoms with Gasteiger partial charge >= 0.3 is 0 Å². The zero-order valence-electron chi connectivity index (χ0n) is 5.72. The van der Waals surface area contributed by atoms with E-state index < -0.39 is 0 Å². The molecule has 0 nitrogen and oxygen atoms in total. The van der Waals surface area contributed by atoms with Crippen LogP contribution in [0.1, 0.15) is 18.7 Å². The molecule has 1 rings (SSSR count). The van der Waals surface area contributed by atoms with E-state index in [2.05, 4.69) is 37.4 Å². The molecule has 0 amide bonds. The fraction of sp³-hybridized carbons (Fsp3) is 0.250. The van der Waals surface area contributed by atoms with Crippen molar-refractivity contribution in [1.82, 2.24) is 0 Å². The average molecular weight is 138 g/mol. The summed E-state index contributed by atoms with van der Waals surface area (Å²) in [5, 5.41) is 2.10. The predicted octanol–water partition coefficient (Wildman–Crippen LogP) is 3.17. The van der Waals surface area contributed by atoms with E-state index in [1.54, 1.807) is 11.3 Å². The average Bonchev–Trinajstić information content (AvgIpc) is 2.37. The number of thiophene rings is 1. The second-order valence-corrected chi connectivity index (χ2v) is 2.90. The first-order valence-electron chi connectivity index (χ1n) is 3.01. The highest BCUT2D eigenvalue weighted by molar-refractivity contribution is 7.11. The molecule has 0 fully saturated rings. The van der Waals surface area contributed by atoms with Gasteiger partial charge in [0.1, 0.15) is 0 Å². The van der Waals surface area contributed by atoms with Crippen molar-refractivity contribution in [2.45, 2.75) is 13.8 Å². The summed E-state index contributed by atoms with van der Waals surface area (Å²) in [6.07, 6.45) is 2.13. The zero-order chi connectivity index (χ0) is 6.69. The second-order valence-electron chi connectivity index (χ2n) is 1.95. The van der Waals surface area contributed by atoms with Crippen LogP contribution in [-0.2, 0) is 0 Å². The molecule has 0 N–H and O–H groups in total. The molecule has 0 aliphatic carbocycles. The summed E-state index contributed by atoms with van der Waals surface area (Å²) in [4.78, 5) is 1.37. The maximum Gasteiger partial charge on any atom is 0.0296 e. The van der Waals surface area contributed by atoms with Crippen LogP contribution in [0.25, 0.3) is 5.57 Å². The van der Waals surface area contributed by atoms with Crippen LogP contribution in [0.3, 0.4) is 0 Å². The summed E-state index contributed by atoms with van der Waals surface area (Å²) < 4.78 is 0. The van der Waals surface area contributed by atoms with Crippen molar-refractivity contribution in [2.75, 3.05) is 0 Å². The Bertz CT molecular complexity index is 194. The minimum Gasteiger partial charge on any atom is -0.144 e. The molecular formula is C8H10S. The van der Waals surface area contributed by atoms with Crippen molar-refractivity contribution < 1.29 is 0 Å². The van der Waals surface area contributed by atoms with Gasteiger partial charge in [-0.1, -0.05) is 12.1 Å². The Hall–Kier alpha value is -0.560. The summed E-state index contributed by atoms with van der Waals surface area (Å²) in [5.41, 5.74) is 1.37. The van der Waals surface area contributed by atoms with Crippen LogP contribution in [0.15, 0.2) is 23.6 Å². The van der Waals surface area contributed by atoms with E-state index in [0.29, 0.717) is 0 Å². The predicted molar refractivity (Wildman–Crippen MR) is 43.6 cm³/mol. The molecule has 0 aliphatic heterocycles. The van der Waals surface area contributed by atoms with E-state index in [4.69, 9.17) is 0 Å². The monoisotopic (exact) mass is 138 g/mol. The number of allylic oxidation sites excluding steroid dienone is 2. The molecule has 0 atom stereocenters. The van der Waals surface area contributed by atoms with Gasteiger partial charge in [-0.15, -0.1) is 11.3 Å². The third kappa shape index (κ3) is 1.42. The Labute approximate surface area is 59.8 Å². The van der Waals surface area contributed by atoms with E-state index in [1.165, 1.54) is 10.5 Å². The molecule has 0 aromatic carbocycles. The maximum absolute atomic E-state index is 2.14. The SMILES string of the molecule is CC=C(C)c1cccs1. The third-order valence-electron chi connectivity index (χ3n) is 1.34. The van der Waals surface area contributed by atoms with E-state index in [9.17, 15) is 0 Å². The van der Waals surface area contributed by atoms with Gasteiger partial charge in [0.05, 0.1) is 0 Å². The van der Waals surface area contributed by atoms with Crippen LogP contribution in [0, 0.1) is 0 Å². The largest absolute Gasteiger partial charge is 0.144 e. The maximum atomic E-state index is 2.14. The van der Waals surface area contributed by atoms with E-state index in [1.807, 2.05) is 0 Å². The highest BCUT2D eigenvalue weighted by Gasteiger charge is 1.91. The minimum absolute atomic E-state index is 1.37. The van der Waals surface area contributed by atoms with Crippen molar-refractivity contribution in [3.05, 3.63) is 28.5 Å². The quantitative estimate of drug-likeness (QED) is 0.559. The molecule has 0 saturated heterocycles. The first-order chi connectivity index (χ1) is 4.34. The van der Waals surface area contributed by atoms with Gasteiger partial charge in [-0.05, 0) is 30.9 Å². The van der Waals surface area contributed by atoms with Crippen LogP contribution in [0.2, 0.25) is 0 Å². The normalized spacial score (nSPS) is 12.0. The van der Waals surface area contributed by atoms with Crippen molar-refractivity contribution in [3.8, 4) is 0 Å². The van der Waals surface area contributed by atoms with Crippen LogP contribution in [0.4, 0.5) is 0 Å². The molecule has 0 saturated carbocycles. The molecule has 1 aromatic rings. The van der Waals surface area contributed by atoms with Crippen LogP contribution >= 0.6 is 11.3 Å². The Balaban J connectivity index is 2.90. The Kier molecular flexibility index (Phi) is 2.06. The van der Waals surface area contributed by atoms with Crippen LogP contribution in [0.5, 0.6) is 0 Å². The van der Waals surface area contributed by atoms with Crippen molar-refractivity contribution >= 4 is 16.9 Å². The van der Waals surface area contributed by atoms with Gasteiger partial charge in [0, 0.05) is 4.88 Å². The summed E-state index contributed by atoms with van der Waals surface area (Å²) in [5.74, 6) is 0. The van der Waals surface area contributed by atoms with Crippen molar-refractivity contribution in [3.63, 3.8) is 0 Å². The highest BCUT2D eigenvalue weighted by atomic mass is 32.1. The first kappa shape index (κ1) is 6.56. The van der Waals surface area contributed by atoms with Gasteiger partial charge in [0.25, 0.3) is 0 Å². The summed E-state index contributed by atoms with van der Waals surface area (Å²) in [7, 11) is 0. The molecular weight excluding hydrogens is 128 g/mol. The molecule has 1 heteroatoms. The fourth-order valence-corrected chi connectivity index (χ4v) is 1.41. The fourth-order valence-electron chi connectivity index (χ4n) is 0.645. The van der Waals surface area contributed by atoms with Crippen LogP contribution in [-0.4, -0.2) is 0 Å². The van der Waals surface area contributed by atoms with Gasteiger partial charge in [-0.2, -0.15) is 0 Å². The molecule has 0 unspecified atom stereocenters. The highest BCUT2D eigenvalue weighted by Crippen LogP contribution is 2.18. The van der Waals surface area contributed by atoms with E-state index in [-0.39, 0.29) is 0 Å². The lowest BCUT2D eigenvalue weighted by Gasteiger charge is -1.90. The molecule has 9 heavy (non-hydrogen) atoms. The molecule has 0 spiro atoms. The smallest absolute Gasteiger partial charge is 0.0296 e. The van der Waals surface area contributed by atoms with E-state index >= 15 is 0 Å². The lowest BCUT2D eigenvalue weighted by atomic mass is 10.2. The molecule has 0 bridgehead atoms. The van der Waals surface area contributed by atoms with Crippen molar-refractivity contribution in [1.29, 1.82) is 0 Å². The van der Waals surface area contributed by atoms with E-state index in [0.717, 1.165) is 0 Å². The Morgan fingerprint density at radius 3 is 2.89 bits per heavy atom. The van der Waals surface area contributed by atoms with Gasteiger partial charge in [-0.25, -0.2) is 0 Å². The molecule has 0 aliphatic rings. The summed E-state index contributed by atoms with van der Waals surface area (Å²) in [6, 6.07) is 4.22. The van der Waals surface area contributed by atoms with Crippen LogP contribution < -0.4 is 0 Å². The second kappa shape index (κ2) is 2.83. The minimum atomic E-state index is 1.37. The van der Waals surface area contributed by atoms with Gasteiger partial charge in [0.2, 0.25) is 0 Å². The summed E-state index contributed by atoms with van der Waals surface area (Å²) >= 11 is 1.79. The number of hydrogen-bond acceptors (Lipinski definition) is 1. The lowest BCUT2D eigenvalue weighted by Crippen LogP contribution is -1.66. The van der Waals surface area contributed by atoms with Crippen molar-refractivity contribution in [2.24, 2.45) is 0 Å². The summed E-state index contributed by atoms with van der Waals surface area (Å²) in [6.45, 7) is 4.20. The number of rotatable bonds is 1.